The molecule has 0 N–H and O–H groups in total. The molecule has 0 unspecified atom stereocenters. The van der Waals surface area contributed by atoms with Crippen molar-refractivity contribution in [2.24, 2.45) is 10.8 Å². The third-order valence-electron chi connectivity index (χ3n) is 7.29. The number of ether oxygens (including phenoxy) is 1. The minimum atomic E-state index is -4.57. The summed E-state index contributed by atoms with van der Waals surface area (Å²) in [6.07, 6.45) is 4.71. The van der Waals surface area contributed by atoms with Crippen LogP contribution in [0.1, 0.15) is 73.5 Å². The van der Waals surface area contributed by atoms with E-state index in [2.05, 4.69) is 16.6 Å². The zero-order valence-electron chi connectivity index (χ0n) is 16.9. The van der Waals surface area contributed by atoms with E-state index in [9.17, 15) is 18.0 Å². The summed E-state index contributed by atoms with van der Waals surface area (Å²) < 4.78 is 45.5. The van der Waals surface area contributed by atoms with E-state index in [0.29, 0.717) is 10.8 Å². The maximum Gasteiger partial charge on any atom is 0.417 e. The zero-order chi connectivity index (χ0) is 20.9. The van der Waals surface area contributed by atoms with Gasteiger partial charge in [0.2, 0.25) is 0 Å². The highest BCUT2D eigenvalue weighted by molar-refractivity contribution is 5.93. The number of rotatable bonds is 4. The summed E-state index contributed by atoms with van der Waals surface area (Å²) in [5.41, 5.74) is 0.750. The van der Waals surface area contributed by atoms with E-state index in [1.165, 1.54) is 38.5 Å². The number of carbonyl (C=O) groups excluding carboxylic acids is 1. The summed E-state index contributed by atoms with van der Waals surface area (Å²) in [5.74, 6) is -0.873. The third kappa shape index (κ3) is 3.86. The first-order valence-electron chi connectivity index (χ1n) is 10.2. The van der Waals surface area contributed by atoms with Crippen molar-refractivity contribution in [3.8, 4) is 0 Å². The highest BCUT2D eigenvalue weighted by atomic mass is 19.4. The second kappa shape index (κ2) is 6.99. The lowest BCUT2D eigenvalue weighted by molar-refractivity contribution is -0.136. The van der Waals surface area contributed by atoms with Crippen LogP contribution in [0.15, 0.2) is 24.3 Å². The van der Waals surface area contributed by atoms with Crippen LogP contribution in [0.25, 0.3) is 10.9 Å². The molecule has 6 heteroatoms. The number of hydrogen-bond acceptors (Lipinski definition) is 3. The molecule has 1 aromatic heterocycles. The molecule has 29 heavy (non-hydrogen) atoms. The molecule has 3 aliphatic rings. The first-order chi connectivity index (χ1) is 13.6. The highest BCUT2D eigenvalue weighted by Gasteiger charge is 2.45. The van der Waals surface area contributed by atoms with E-state index in [-0.39, 0.29) is 16.6 Å². The van der Waals surface area contributed by atoms with Gasteiger partial charge in [0.05, 0.1) is 18.2 Å². The molecule has 0 atom stereocenters. The molecule has 0 spiro atoms. The van der Waals surface area contributed by atoms with E-state index < -0.39 is 17.7 Å². The van der Waals surface area contributed by atoms with Crippen molar-refractivity contribution < 1.29 is 22.7 Å². The van der Waals surface area contributed by atoms with Crippen LogP contribution in [0.3, 0.4) is 0 Å². The van der Waals surface area contributed by atoms with Crippen molar-refractivity contribution in [3.63, 3.8) is 0 Å². The molecule has 0 aliphatic heterocycles. The molecule has 1 heterocycles. The van der Waals surface area contributed by atoms with Gasteiger partial charge < -0.3 is 4.74 Å². The van der Waals surface area contributed by atoms with Gasteiger partial charge in [-0.3, -0.25) is 0 Å². The summed E-state index contributed by atoms with van der Waals surface area (Å²) in [4.78, 5) is 15.8. The maximum absolute atomic E-state index is 13.7. The number of esters is 1. The normalized spacial score (nSPS) is 26.7. The molecule has 5 rings (SSSR count). The minimum Gasteiger partial charge on any atom is -0.464 e. The Morgan fingerprint density at radius 2 is 1.76 bits per heavy atom. The molecule has 0 saturated heterocycles. The molecular weight excluding hydrogens is 379 g/mol. The Hall–Kier alpha value is -2.11. The number of hydrogen-bond donors (Lipinski definition) is 0. The fraction of sp³-hybridized carbons (Fsp3) is 0.565. The average molecular weight is 405 g/mol. The van der Waals surface area contributed by atoms with Crippen molar-refractivity contribution in [2.75, 3.05) is 7.11 Å². The molecule has 156 valence electrons. The number of pyridine rings is 1. The van der Waals surface area contributed by atoms with Crippen molar-refractivity contribution in [2.45, 2.75) is 64.5 Å². The monoisotopic (exact) mass is 405 g/mol. The van der Waals surface area contributed by atoms with Crippen LogP contribution in [-0.4, -0.2) is 18.1 Å². The summed E-state index contributed by atoms with van der Waals surface area (Å²) in [6, 6.07) is 5.81. The Morgan fingerprint density at radius 1 is 1.10 bits per heavy atom. The molecule has 3 fully saturated rings. The zero-order valence-corrected chi connectivity index (χ0v) is 16.9. The Kier molecular flexibility index (Phi) is 4.87. The maximum atomic E-state index is 13.7. The fourth-order valence-electron chi connectivity index (χ4n) is 5.11. The van der Waals surface area contributed by atoms with Crippen LogP contribution in [-0.2, 0) is 17.3 Å². The summed E-state index contributed by atoms with van der Waals surface area (Å²) >= 11 is 0. The first-order valence-corrected chi connectivity index (χ1v) is 10.2. The number of fused-ring (bicyclic) bond motifs is 4. The van der Waals surface area contributed by atoms with Crippen LogP contribution in [0.2, 0.25) is 0 Å². The smallest absolute Gasteiger partial charge is 0.417 e. The van der Waals surface area contributed by atoms with Gasteiger partial charge in [0.15, 0.2) is 0 Å². The number of aromatic nitrogens is 1. The van der Waals surface area contributed by atoms with E-state index in [0.717, 1.165) is 31.6 Å². The van der Waals surface area contributed by atoms with Crippen LogP contribution in [0, 0.1) is 10.8 Å². The van der Waals surface area contributed by atoms with E-state index in [4.69, 9.17) is 0 Å². The molecule has 0 amide bonds. The molecular formula is C23H26F3NO2. The van der Waals surface area contributed by atoms with Gasteiger partial charge in [-0.15, -0.1) is 0 Å². The molecule has 0 radical (unpaired) electrons. The number of carbonyl (C=O) groups is 1. The van der Waals surface area contributed by atoms with E-state index in [1.807, 2.05) is 6.07 Å². The van der Waals surface area contributed by atoms with Crippen molar-refractivity contribution >= 4 is 16.9 Å². The van der Waals surface area contributed by atoms with Crippen LogP contribution < -0.4 is 0 Å². The highest BCUT2D eigenvalue weighted by Crippen LogP contribution is 2.58. The first kappa shape index (κ1) is 20.2. The molecule has 3 saturated carbocycles. The SMILES string of the molecule is COC(=O)c1cc(C(F)(F)F)c2cc(CCC34CCC(C)(CC3)CC4)ccc2n1. The number of aryl methyl sites for hydroxylation is 1. The summed E-state index contributed by atoms with van der Waals surface area (Å²) in [6.45, 7) is 2.38. The van der Waals surface area contributed by atoms with Gasteiger partial charge in [-0.25, -0.2) is 9.78 Å². The second-order valence-corrected chi connectivity index (χ2v) is 9.21. The molecule has 3 aliphatic carbocycles. The van der Waals surface area contributed by atoms with Gasteiger partial charge in [0.1, 0.15) is 5.69 Å². The predicted molar refractivity (Wildman–Crippen MR) is 105 cm³/mol. The lowest BCUT2D eigenvalue weighted by Crippen LogP contribution is -2.40. The molecule has 3 nitrogen and oxygen atoms in total. The van der Waals surface area contributed by atoms with Crippen molar-refractivity contribution in [1.82, 2.24) is 4.98 Å². The summed E-state index contributed by atoms with van der Waals surface area (Å²) in [7, 11) is 1.13. The lowest BCUT2D eigenvalue weighted by atomic mass is 9.53. The third-order valence-corrected chi connectivity index (χ3v) is 7.29. The van der Waals surface area contributed by atoms with Crippen LogP contribution in [0.5, 0.6) is 0 Å². The number of nitrogens with zero attached hydrogens (tertiary/aromatic N) is 1. The van der Waals surface area contributed by atoms with Crippen LogP contribution in [0.4, 0.5) is 13.2 Å². The standard InChI is InChI=1S/C23H26F3NO2/c1-21-7-10-22(11-8-21,12-9-21)6-5-15-3-4-18-16(13-15)17(23(24,25)26)14-19(27-18)20(28)29-2/h3-4,13-14H,5-12H2,1-2H3. The van der Waals surface area contributed by atoms with Gasteiger partial charge in [-0.1, -0.05) is 13.0 Å². The van der Waals surface area contributed by atoms with Gasteiger partial charge in [-0.05, 0) is 86.0 Å². The Balaban J connectivity index is 1.62. The Morgan fingerprint density at radius 3 is 2.34 bits per heavy atom. The van der Waals surface area contributed by atoms with Crippen molar-refractivity contribution in [1.29, 1.82) is 0 Å². The number of methoxy groups -OCH3 is 1. The predicted octanol–water partition coefficient (Wildman–Crippen LogP) is 6.33. The topological polar surface area (TPSA) is 39.2 Å². The molecule has 2 bridgehead atoms. The molecule has 1 aromatic carbocycles. The second-order valence-electron chi connectivity index (χ2n) is 9.21. The largest absolute Gasteiger partial charge is 0.464 e. The summed E-state index contributed by atoms with van der Waals surface area (Å²) in [5, 5.41) is 0.0417. The average Bonchev–Trinajstić information content (AvgIpc) is 2.71. The number of halogens is 3. The minimum absolute atomic E-state index is 0.0417. The van der Waals surface area contributed by atoms with Crippen LogP contribution >= 0.6 is 0 Å². The van der Waals surface area contributed by atoms with Gasteiger partial charge in [0, 0.05) is 5.39 Å². The quantitative estimate of drug-likeness (QED) is 0.558. The van der Waals surface area contributed by atoms with Gasteiger partial charge >= 0.3 is 12.1 Å². The van der Waals surface area contributed by atoms with Gasteiger partial charge in [-0.2, -0.15) is 13.2 Å². The number of benzene rings is 1. The van der Waals surface area contributed by atoms with E-state index >= 15 is 0 Å². The Bertz CT molecular complexity index is 926. The Labute approximate surface area is 168 Å². The van der Waals surface area contributed by atoms with E-state index in [1.54, 1.807) is 12.1 Å². The molecule has 2 aromatic rings. The number of alkyl halides is 3. The van der Waals surface area contributed by atoms with Crippen molar-refractivity contribution in [3.05, 3.63) is 41.1 Å². The van der Waals surface area contributed by atoms with Gasteiger partial charge in [0.25, 0.3) is 0 Å². The lowest BCUT2D eigenvalue weighted by Gasteiger charge is -2.52. The fourth-order valence-corrected chi connectivity index (χ4v) is 5.11.